The van der Waals surface area contributed by atoms with Gasteiger partial charge in [-0.25, -0.2) is 12.8 Å². The summed E-state index contributed by atoms with van der Waals surface area (Å²) < 4.78 is 33.7. The molecule has 0 aromatic heterocycles. The summed E-state index contributed by atoms with van der Waals surface area (Å²) in [6.45, 7) is 0. The normalized spacial score (nSPS) is 11.5. The lowest BCUT2D eigenvalue weighted by Gasteiger charge is -1.94. The van der Waals surface area contributed by atoms with Gasteiger partial charge in [0.15, 0.2) is 9.84 Å². The second kappa shape index (κ2) is 2.62. The molecule has 0 spiro atoms. The molecule has 1 aromatic rings. The zero-order valence-corrected chi connectivity index (χ0v) is 6.44. The molecule has 0 heterocycles. The van der Waals surface area contributed by atoms with Gasteiger partial charge in [0, 0.05) is 0 Å². The summed E-state index contributed by atoms with van der Waals surface area (Å²) >= 11 is 0. The Balaban J connectivity index is 3.20. The van der Waals surface area contributed by atoms with Crippen molar-refractivity contribution in [3.63, 3.8) is 0 Å². The Morgan fingerprint density at radius 3 is 2.00 bits per heavy atom. The van der Waals surface area contributed by atoms with Crippen molar-refractivity contribution in [3.05, 3.63) is 36.3 Å². The lowest BCUT2D eigenvalue weighted by Crippen LogP contribution is -1.93. The average Bonchev–Trinajstić information content (AvgIpc) is 1.86. The Bertz CT molecular complexity index is 339. The maximum atomic E-state index is 12.3. The Hall–Kier alpha value is -0.900. The maximum absolute atomic E-state index is 12.3. The number of hydrogen-bond acceptors (Lipinski definition) is 2. The summed E-state index contributed by atoms with van der Waals surface area (Å²) in [6, 6.07) is 4.52. The van der Waals surface area contributed by atoms with E-state index in [2.05, 4.69) is 6.26 Å². The lowest BCUT2D eigenvalue weighted by molar-refractivity contribution is 0.602. The molecule has 1 radical (unpaired) electrons. The van der Waals surface area contributed by atoms with E-state index < -0.39 is 15.7 Å². The second-order valence-electron chi connectivity index (χ2n) is 2.07. The van der Waals surface area contributed by atoms with E-state index in [1.54, 1.807) is 0 Å². The molecular weight excluding hydrogens is 167 g/mol. The molecule has 0 aliphatic rings. The van der Waals surface area contributed by atoms with Gasteiger partial charge in [-0.1, -0.05) is 0 Å². The van der Waals surface area contributed by atoms with Gasteiger partial charge in [-0.15, -0.1) is 0 Å². The van der Waals surface area contributed by atoms with Crippen LogP contribution in [0, 0.1) is 12.1 Å². The SMILES string of the molecule is [CH2]S(=O)(=O)c1ccc(F)cc1. The predicted octanol–water partition coefficient (Wildman–Crippen LogP) is 1.39. The summed E-state index contributed by atoms with van der Waals surface area (Å²) in [6.07, 6.45) is 2.92. The molecule has 0 saturated heterocycles. The molecule has 0 N–H and O–H groups in total. The van der Waals surface area contributed by atoms with E-state index in [-0.39, 0.29) is 4.90 Å². The molecule has 59 valence electrons. The third-order valence-electron chi connectivity index (χ3n) is 1.17. The molecular formula is C7H6FO2S. The van der Waals surface area contributed by atoms with Gasteiger partial charge in [-0.3, -0.25) is 0 Å². The van der Waals surface area contributed by atoms with Crippen LogP contribution in [0.3, 0.4) is 0 Å². The van der Waals surface area contributed by atoms with Gasteiger partial charge in [0.2, 0.25) is 0 Å². The molecule has 11 heavy (non-hydrogen) atoms. The summed E-state index contributed by atoms with van der Waals surface area (Å²) in [5.74, 6) is -0.461. The maximum Gasteiger partial charge on any atom is 0.179 e. The first kappa shape index (κ1) is 8.20. The molecule has 0 aliphatic carbocycles. The standard InChI is InChI=1S/C7H6FO2S/c1-11(9,10)7-4-2-6(8)3-5-7/h2-5H,1H2. The topological polar surface area (TPSA) is 34.1 Å². The molecule has 0 amide bonds. The molecule has 0 aliphatic heterocycles. The Labute approximate surface area is 64.6 Å². The summed E-state index contributed by atoms with van der Waals surface area (Å²) in [4.78, 5) is 0.0268. The van der Waals surface area contributed by atoms with Crippen LogP contribution in [0.25, 0.3) is 0 Å². The largest absolute Gasteiger partial charge is 0.224 e. The van der Waals surface area contributed by atoms with Crippen molar-refractivity contribution in [3.8, 4) is 0 Å². The third kappa shape index (κ3) is 2.01. The van der Waals surface area contributed by atoms with E-state index in [0.717, 1.165) is 12.1 Å². The molecule has 0 atom stereocenters. The third-order valence-corrected chi connectivity index (χ3v) is 2.16. The Morgan fingerprint density at radius 2 is 1.64 bits per heavy atom. The van der Waals surface area contributed by atoms with Crippen molar-refractivity contribution in [2.24, 2.45) is 0 Å². The predicted molar refractivity (Wildman–Crippen MR) is 38.9 cm³/mol. The zero-order chi connectivity index (χ0) is 8.48. The highest BCUT2D eigenvalue weighted by Gasteiger charge is 2.05. The van der Waals surface area contributed by atoms with Gasteiger partial charge in [0.05, 0.1) is 11.2 Å². The first-order valence-electron chi connectivity index (χ1n) is 2.84. The summed E-state index contributed by atoms with van der Waals surface area (Å²) in [7, 11) is -3.44. The van der Waals surface area contributed by atoms with Gasteiger partial charge >= 0.3 is 0 Å². The molecule has 1 aromatic carbocycles. The number of hydrogen-bond donors (Lipinski definition) is 0. The van der Waals surface area contributed by atoms with Crippen molar-refractivity contribution in [2.75, 3.05) is 0 Å². The van der Waals surface area contributed by atoms with Crippen LogP contribution >= 0.6 is 0 Å². The van der Waals surface area contributed by atoms with Gasteiger partial charge in [-0.05, 0) is 24.3 Å². The van der Waals surface area contributed by atoms with Crippen LogP contribution in [0.4, 0.5) is 4.39 Å². The van der Waals surface area contributed by atoms with E-state index in [0.29, 0.717) is 0 Å². The minimum absolute atomic E-state index is 0.0268. The van der Waals surface area contributed by atoms with Gasteiger partial charge in [0.1, 0.15) is 5.82 Å². The average molecular weight is 173 g/mol. The van der Waals surface area contributed by atoms with Crippen molar-refractivity contribution < 1.29 is 12.8 Å². The van der Waals surface area contributed by atoms with E-state index in [1.807, 2.05) is 0 Å². The minimum Gasteiger partial charge on any atom is -0.224 e. The highest BCUT2D eigenvalue weighted by atomic mass is 32.2. The summed E-state index contributed by atoms with van der Waals surface area (Å²) in [5.41, 5.74) is 0. The number of benzene rings is 1. The quantitative estimate of drug-likeness (QED) is 0.601. The molecule has 0 fully saturated rings. The van der Waals surface area contributed by atoms with E-state index in [1.165, 1.54) is 12.1 Å². The van der Waals surface area contributed by atoms with Crippen LogP contribution in [0.1, 0.15) is 0 Å². The highest BCUT2D eigenvalue weighted by molar-refractivity contribution is 7.92. The number of halogens is 1. The Morgan fingerprint density at radius 1 is 1.18 bits per heavy atom. The van der Waals surface area contributed by atoms with E-state index in [4.69, 9.17) is 0 Å². The highest BCUT2D eigenvalue weighted by Crippen LogP contribution is 2.09. The monoisotopic (exact) mass is 173 g/mol. The van der Waals surface area contributed by atoms with Crippen LogP contribution in [-0.4, -0.2) is 8.42 Å². The van der Waals surface area contributed by atoms with Gasteiger partial charge < -0.3 is 0 Å². The fraction of sp³-hybridized carbons (Fsp3) is 0. The lowest BCUT2D eigenvalue weighted by atomic mass is 10.4. The van der Waals surface area contributed by atoms with E-state index in [9.17, 15) is 12.8 Å². The zero-order valence-electron chi connectivity index (χ0n) is 5.62. The minimum atomic E-state index is -3.44. The molecule has 2 nitrogen and oxygen atoms in total. The van der Waals surface area contributed by atoms with Crippen molar-refractivity contribution in [2.45, 2.75) is 4.90 Å². The Kier molecular flexibility index (Phi) is 1.95. The van der Waals surface area contributed by atoms with Crippen LogP contribution in [0.5, 0.6) is 0 Å². The van der Waals surface area contributed by atoms with Crippen LogP contribution < -0.4 is 0 Å². The molecule has 0 saturated carbocycles. The van der Waals surface area contributed by atoms with Crippen molar-refractivity contribution in [1.82, 2.24) is 0 Å². The van der Waals surface area contributed by atoms with E-state index >= 15 is 0 Å². The second-order valence-corrected chi connectivity index (χ2v) is 3.77. The molecule has 4 heteroatoms. The number of sulfone groups is 1. The fourth-order valence-corrected chi connectivity index (χ4v) is 1.19. The van der Waals surface area contributed by atoms with Crippen LogP contribution in [0.15, 0.2) is 29.2 Å². The molecule has 0 unspecified atom stereocenters. The first-order valence-corrected chi connectivity index (χ1v) is 4.49. The first-order chi connectivity index (χ1) is 5.00. The van der Waals surface area contributed by atoms with Crippen molar-refractivity contribution in [1.29, 1.82) is 0 Å². The fourth-order valence-electron chi connectivity index (χ4n) is 0.642. The summed E-state index contributed by atoms with van der Waals surface area (Å²) in [5, 5.41) is 0. The van der Waals surface area contributed by atoms with Gasteiger partial charge in [0.25, 0.3) is 0 Å². The van der Waals surface area contributed by atoms with Gasteiger partial charge in [-0.2, -0.15) is 0 Å². The molecule has 1 rings (SSSR count). The van der Waals surface area contributed by atoms with Crippen LogP contribution in [0.2, 0.25) is 0 Å². The molecule has 0 bridgehead atoms. The smallest absolute Gasteiger partial charge is 0.179 e. The number of rotatable bonds is 1. The van der Waals surface area contributed by atoms with Crippen LogP contribution in [-0.2, 0) is 9.84 Å². The van der Waals surface area contributed by atoms with Crippen molar-refractivity contribution >= 4 is 9.84 Å².